The molecule has 0 radical (unpaired) electrons. The lowest BCUT2D eigenvalue weighted by atomic mass is 9.99. The minimum absolute atomic E-state index is 0.0713. The first-order valence-corrected chi connectivity index (χ1v) is 14.1. The highest BCUT2D eigenvalue weighted by atomic mass is 19.3. The summed E-state index contributed by atoms with van der Waals surface area (Å²) in [4.78, 5) is 0. The first kappa shape index (κ1) is 33.1. The second-order valence-corrected chi connectivity index (χ2v) is 10.5. The van der Waals surface area contributed by atoms with E-state index < -0.39 is 64.4 Å². The number of rotatable bonds is 9. The highest BCUT2D eigenvalue weighted by Crippen LogP contribution is 2.39. The van der Waals surface area contributed by atoms with Crippen molar-refractivity contribution in [2.75, 3.05) is 13.2 Å². The molecule has 0 saturated carbocycles. The topological polar surface area (TPSA) is 27.7 Å². The Bertz CT molecular complexity index is 1720. The Morgan fingerprint density at radius 1 is 0.717 bits per heavy atom. The minimum Gasteiger partial charge on any atom is -0.429 e. The Balaban J connectivity index is 1.31. The molecule has 0 amide bonds. The molecule has 0 unspecified atom stereocenters. The quantitative estimate of drug-likeness (QED) is 0.102. The number of unbranched alkanes of at least 4 members (excludes halogenated alkanes) is 1. The molecular formula is C34H25F9O3. The van der Waals surface area contributed by atoms with Crippen LogP contribution in [0.15, 0.2) is 72.8 Å². The fraction of sp³-hybridized carbons (Fsp3) is 0.235. The summed E-state index contributed by atoms with van der Waals surface area (Å²) in [7, 11) is 0. The molecule has 0 atom stereocenters. The van der Waals surface area contributed by atoms with Gasteiger partial charge in [0.05, 0.1) is 13.2 Å². The molecule has 242 valence electrons. The van der Waals surface area contributed by atoms with E-state index >= 15 is 8.78 Å². The highest BCUT2D eigenvalue weighted by molar-refractivity contribution is 5.72. The maximum Gasteiger partial charge on any atom is 0.432 e. The van der Waals surface area contributed by atoms with Gasteiger partial charge >= 0.3 is 6.11 Å². The third kappa shape index (κ3) is 7.07. The molecule has 1 heterocycles. The maximum absolute atomic E-state index is 15.0. The monoisotopic (exact) mass is 652 g/mol. The summed E-state index contributed by atoms with van der Waals surface area (Å²) in [5, 5.41) is 0. The molecule has 12 heteroatoms. The van der Waals surface area contributed by atoms with Crippen LogP contribution in [0.2, 0.25) is 0 Å². The van der Waals surface area contributed by atoms with E-state index in [0.29, 0.717) is 30.3 Å². The Morgan fingerprint density at radius 3 is 1.87 bits per heavy atom. The van der Waals surface area contributed by atoms with E-state index in [4.69, 9.17) is 9.47 Å². The SMILES string of the molecule is CCCC=CC1COC(c2cc(F)c(C(F)(F)Oc3ccc(-c4ccc(-c5cc(F)c(F)c(F)c5)c(F)c4)c(F)c3)c(F)c2)OC1. The van der Waals surface area contributed by atoms with Gasteiger partial charge in [-0.15, -0.1) is 0 Å². The summed E-state index contributed by atoms with van der Waals surface area (Å²) in [6.07, 6.45) is -0.0604. The molecule has 3 nitrogen and oxygen atoms in total. The van der Waals surface area contributed by atoms with Gasteiger partial charge in [0, 0.05) is 28.7 Å². The number of benzene rings is 4. The Morgan fingerprint density at radius 2 is 1.28 bits per heavy atom. The van der Waals surface area contributed by atoms with E-state index in [9.17, 15) is 30.7 Å². The van der Waals surface area contributed by atoms with Gasteiger partial charge < -0.3 is 14.2 Å². The van der Waals surface area contributed by atoms with Gasteiger partial charge in [-0.25, -0.2) is 30.7 Å². The zero-order chi connectivity index (χ0) is 33.2. The minimum atomic E-state index is -4.59. The van der Waals surface area contributed by atoms with Crippen LogP contribution in [0.4, 0.5) is 39.5 Å². The molecule has 4 aromatic rings. The fourth-order valence-electron chi connectivity index (χ4n) is 4.90. The van der Waals surface area contributed by atoms with Gasteiger partial charge in [0.25, 0.3) is 0 Å². The van der Waals surface area contributed by atoms with Gasteiger partial charge in [0.15, 0.2) is 23.7 Å². The zero-order valence-electron chi connectivity index (χ0n) is 24.0. The number of hydrogen-bond acceptors (Lipinski definition) is 3. The van der Waals surface area contributed by atoms with Crippen molar-refractivity contribution in [1.82, 2.24) is 0 Å². The van der Waals surface area contributed by atoms with Crippen molar-refractivity contribution in [2.45, 2.75) is 32.2 Å². The summed E-state index contributed by atoms with van der Waals surface area (Å²) in [6, 6.07) is 7.87. The lowest BCUT2D eigenvalue weighted by molar-refractivity contribution is -0.198. The van der Waals surface area contributed by atoms with Gasteiger partial charge in [-0.2, -0.15) is 8.78 Å². The van der Waals surface area contributed by atoms with Crippen molar-refractivity contribution in [1.29, 1.82) is 0 Å². The smallest absolute Gasteiger partial charge is 0.429 e. The van der Waals surface area contributed by atoms with Crippen molar-refractivity contribution < 1.29 is 53.7 Å². The number of ether oxygens (including phenoxy) is 3. The number of halogens is 9. The van der Waals surface area contributed by atoms with Gasteiger partial charge in [-0.05, 0) is 60.0 Å². The Labute approximate surface area is 257 Å². The lowest BCUT2D eigenvalue weighted by Crippen LogP contribution is -2.28. The molecule has 5 rings (SSSR count). The standard InChI is InChI=1S/C34H25F9O3/c1-2-3-4-5-18-16-44-33(45-17-18)21-13-27(37)31(28(38)14-21)34(42,43)46-22-7-9-23(26(36)15-22)19-6-8-24(25(35)10-19)20-11-29(39)32(41)30(40)12-20/h4-15,18,33H,2-3,16-17H2,1H3. The molecule has 0 spiro atoms. The van der Waals surface area contributed by atoms with Crippen LogP contribution >= 0.6 is 0 Å². The van der Waals surface area contributed by atoms with Gasteiger partial charge in [-0.1, -0.05) is 37.6 Å². The fourth-order valence-corrected chi connectivity index (χ4v) is 4.90. The van der Waals surface area contributed by atoms with E-state index in [1.165, 1.54) is 6.07 Å². The Hall–Kier alpha value is -4.29. The zero-order valence-corrected chi connectivity index (χ0v) is 24.0. The normalized spacial score (nSPS) is 17.1. The van der Waals surface area contributed by atoms with E-state index in [-0.39, 0.29) is 46.9 Å². The third-order valence-corrected chi connectivity index (χ3v) is 7.18. The van der Waals surface area contributed by atoms with Crippen LogP contribution < -0.4 is 4.74 Å². The van der Waals surface area contributed by atoms with Gasteiger partial charge in [0.2, 0.25) is 0 Å². The van der Waals surface area contributed by atoms with Crippen molar-refractivity contribution in [3.05, 3.63) is 125 Å². The third-order valence-electron chi connectivity index (χ3n) is 7.18. The van der Waals surface area contributed by atoms with Crippen LogP contribution in [-0.4, -0.2) is 13.2 Å². The van der Waals surface area contributed by atoms with Crippen molar-refractivity contribution in [3.63, 3.8) is 0 Å². The molecule has 0 aliphatic carbocycles. The van der Waals surface area contributed by atoms with Gasteiger partial charge in [0.1, 0.15) is 34.6 Å². The van der Waals surface area contributed by atoms with Crippen LogP contribution in [0, 0.1) is 46.6 Å². The first-order chi connectivity index (χ1) is 21.9. The predicted octanol–water partition coefficient (Wildman–Crippen LogP) is 10.1. The molecular weight excluding hydrogens is 627 g/mol. The van der Waals surface area contributed by atoms with E-state index in [2.05, 4.69) is 4.74 Å². The number of hydrogen-bond donors (Lipinski definition) is 0. The molecule has 1 aliphatic heterocycles. The predicted molar refractivity (Wildman–Crippen MR) is 150 cm³/mol. The number of alkyl halides is 2. The van der Waals surface area contributed by atoms with Crippen LogP contribution in [0.5, 0.6) is 5.75 Å². The lowest BCUT2D eigenvalue weighted by Gasteiger charge is -2.28. The second-order valence-electron chi connectivity index (χ2n) is 10.5. The van der Waals surface area contributed by atoms with E-state index in [1.54, 1.807) is 0 Å². The summed E-state index contributed by atoms with van der Waals surface area (Å²) < 4.78 is 146. The van der Waals surface area contributed by atoms with Crippen molar-refractivity contribution in [2.24, 2.45) is 5.92 Å². The van der Waals surface area contributed by atoms with Crippen LogP contribution in [0.1, 0.15) is 37.2 Å². The van der Waals surface area contributed by atoms with Crippen molar-refractivity contribution in [3.8, 4) is 28.0 Å². The molecule has 4 aromatic carbocycles. The van der Waals surface area contributed by atoms with E-state index in [1.807, 2.05) is 19.1 Å². The highest BCUT2D eigenvalue weighted by Gasteiger charge is 2.42. The van der Waals surface area contributed by atoms with Crippen LogP contribution in [0.3, 0.4) is 0 Å². The molecule has 0 bridgehead atoms. The van der Waals surface area contributed by atoms with Crippen LogP contribution in [-0.2, 0) is 15.6 Å². The molecule has 46 heavy (non-hydrogen) atoms. The average Bonchev–Trinajstić information content (AvgIpc) is 2.99. The maximum atomic E-state index is 15.0. The molecule has 1 saturated heterocycles. The van der Waals surface area contributed by atoms with E-state index in [0.717, 1.165) is 37.1 Å². The second kappa shape index (κ2) is 13.6. The summed E-state index contributed by atoms with van der Waals surface area (Å²) in [6.45, 7) is 2.41. The summed E-state index contributed by atoms with van der Waals surface area (Å²) in [5.74, 6) is -11.2. The van der Waals surface area contributed by atoms with Gasteiger partial charge in [-0.3, -0.25) is 0 Å². The molecule has 1 aliphatic rings. The largest absolute Gasteiger partial charge is 0.432 e. The molecule has 0 aromatic heterocycles. The Kier molecular flexibility index (Phi) is 9.78. The summed E-state index contributed by atoms with van der Waals surface area (Å²) in [5.41, 5.74) is -2.89. The van der Waals surface area contributed by atoms with Crippen LogP contribution in [0.25, 0.3) is 22.3 Å². The molecule has 0 N–H and O–H groups in total. The van der Waals surface area contributed by atoms with Crippen molar-refractivity contribution >= 4 is 0 Å². The summed E-state index contributed by atoms with van der Waals surface area (Å²) >= 11 is 0. The first-order valence-electron chi connectivity index (χ1n) is 14.1. The average molecular weight is 653 g/mol. The number of allylic oxidation sites excluding steroid dienone is 1. The molecule has 1 fully saturated rings.